The average Bonchev–Trinajstić information content (AvgIpc) is 2.77. The van der Waals surface area contributed by atoms with Gasteiger partial charge in [-0.3, -0.25) is 4.79 Å². The van der Waals surface area contributed by atoms with E-state index in [0.29, 0.717) is 18.4 Å². The van der Waals surface area contributed by atoms with Crippen LogP contribution < -0.4 is 0 Å². The predicted octanol–water partition coefficient (Wildman–Crippen LogP) is 3.12. The fraction of sp³-hybridized carbons (Fsp3) is 0.562. The summed E-state index contributed by atoms with van der Waals surface area (Å²) in [6, 6.07) is 11.3. The van der Waals surface area contributed by atoms with E-state index in [9.17, 15) is 4.79 Å². The molecule has 19 heavy (non-hydrogen) atoms. The van der Waals surface area contributed by atoms with Crippen molar-refractivity contribution in [1.82, 2.24) is 4.90 Å². The van der Waals surface area contributed by atoms with Gasteiger partial charge in [0.15, 0.2) is 0 Å². The minimum atomic E-state index is -0.684. The Morgan fingerprint density at radius 2 is 2.05 bits per heavy atom. The van der Waals surface area contributed by atoms with Crippen LogP contribution in [-0.4, -0.2) is 35.1 Å². The summed E-state index contributed by atoms with van der Waals surface area (Å²) < 4.78 is 0. The first kappa shape index (κ1) is 14.1. The van der Waals surface area contributed by atoms with Crippen molar-refractivity contribution in [2.24, 2.45) is 0 Å². The number of hydrogen-bond acceptors (Lipinski definition) is 2. The normalized spacial score (nSPS) is 23.6. The third-order valence-electron chi connectivity index (χ3n) is 4.20. The Bertz CT molecular complexity index is 404. The van der Waals surface area contributed by atoms with E-state index in [1.807, 2.05) is 0 Å². The lowest BCUT2D eigenvalue weighted by Gasteiger charge is -2.24. The molecule has 104 valence electrons. The summed E-state index contributed by atoms with van der Waals surface area (Å²) in [7, 11) is 0. The summed E-state index contributed by atoms with van der Waals surface area (Å²) in [6.07, 6.45) is 3.28. The van der Waals surface area contributed by atoms with Gasteiger partial charge in [-0.1, -0.05) is 30.3 Å². The van der Waals surface area contributed by atoms with Crippen molar-refractivity contribution in [3.05, 3.63) is 35.9 Å². The number of likely N-dealkylation sites (tertiary alicyclic amines) is 1. The minimum absolute atomic E-state index is 0.296. The van der Waals surface area contributed by atoms with Crippen LogP contribution in [0.2, 0.25) is 0 Å². The molecule has 1 aliphatic heterocycles. The third-order valence-corrected chi connectivity index (χ3v) is 4.20. The molecule has 3 heteroatoms. The second kappa shape index (κ2) is 6.71. The second-order valence-corrected chi connectivity index (χ2v) is 5.43. The molecule has 0 spiro atoms. The molecule has 0 unspecified atom stereocenters. The monoisotopic (exact) mass is 261 g/mol. The molecule has 0 amide bonds. The van der Waals surface area contributed by atoms with Crippen LogP contribution in [0.15, 0.2) is 30.3 Å². The quantitative estimate of drug-likeness (QED) is 0.800. The number of carbonyl (C=O) groups is 1. The maximum Gasteiger partial charge on any atom is 0.303 e. The number of aliphatic carboxylic acids is 1. The molecule has 1 aliphatic rings. The van der Waals surface area contributed by atoms with Gasteiger partial charge >= 0.3 is 5.97 Å². The summed E-state index contributed by atoms with van der Waals surface area (Å²) in [5, 5.41) is 8.63. The number of unbranched alkanes of at least 4 members (excludes halogenated alkanes) is 1. The first-order valence-electron chi connectivity index (χ1n) is 7.19. The molecule has 0 radical (unpaired) electrons. The molecule has 0 aromatic heterocycles. The molecular formula is C16H23NO2. The molecule has 0 saturated carbocycles. The number of hydrogen-bond donors (Lipinski definition) is 1. The zero-order valence-electron chi connectivity index (χ0n) is 11.6. The topological polar surface area (TPSA) is 40.5 Å². The smallest absolute Gasteiger partial charge is 0.303 e. The zero-order chi connectivity index (χ0) is 13.7. The molecule has 3 nitrogen and oxygen atoms in total. The van der Waals surface area contributed by atoms with Gasteiger partial charge in [-0.2, -0.15) is 0 Å². The van der Waals surface area contributed by atoms with Crippen LogP contribution in [0.4, 0.5) is 0 Å². The van der Waals surface area contributed by atoms with Crippen molar-refractivity contribution >= 4 is 5.97 Å². The standard InChI is InChI=1S/C16H23NO2/c1-13-15(14-7-3-2-4-8-14)10-12-17(13)11-6-5-9-16(18)19/h2-4,7-8,13,15H,5-6,9-12H2,1H3,(H,18,19)/t13-,15+/m0/s1. The van der Waals surface area contributed by atoms with Crippen LogP contribution in [-0.2, 0) is 4.79 Å². The molecule has 1 heterocycles. The van der Waals surface area contributed by atoms with Gasteiger partial charge in [-0.05, 0) is 44.8 Å². The summed E-state index contributed by atoms with van der Waals surface area (Å²) in [5.41, 5.74) is 1.43. The summed E-state index contributed by atoms with van der Waals surface area (Å²) in [6.45, 7) is 4.45. The minimum Gasteiger partial charge on any atom is -0.481 e. The Morgan fingerprint density at radius 3 is 2.74 bits per heavy atom. The third kappa shape index (κ3) is 3.80. The molecule has 1 N–H and O–H groups in total. The summed E-state index contributed by atoms with van der Waals surface area (Å²) in [5.74, 6) is -0.0580. The Hall–Kier alpha value is -1.35. The SMILES string of the molecule is C[C@H]1[C@H](c2ccccc2)CCN1CCCCC(=O)O. The van der Waals surface area contributed by atoms with Gasteiger partial charge in [-0.25, -0.2) is 0 Å². The second-order valence-electron chi connectivity index (χ2n) is 5.43. The van der Waals surface area contributed by atoms with Crippen LogP contribution in [0.1, 0.15) is 44.1 Å². The van der Waals surface area contributed by atoms with E-state index >= 15 is 0 Å². The van der Waals surface area contributed by atoms with E-state index in [-0.39, 0.29) is 0 Å². The molecule has 1 aromatic rings. The molecule has 1 fully saturated rings. The molecule has 2 atom stereocenters. The molecule has 1 saturated heterocycles. The lowest BCUT2D eigenvalue weighted by Crippen LogP contribution is -2.30. The van der Waals surface area contributed by atoms with E-state index in [1.165, 1.54) is 12.0 Å². The molecule has 0 bridgehead atoms. The molecule has 0 aliphatic carbocycles. The van der Waals surface area contributed by atoms with Crippen molar-refractivity contribution in [1.29, 1.82) is 0 Å². The van der Waals surface area contributed by atoms with E-state index in [2.05, 4.69) is 42.2 Å². The number of benzene rings is 1. The maximum atomic E-state index is 10.5. The average molecular weight is 261 g/mol. The van der Waals surface area contributed by atoms with Crippen LogP contribution in [0.5, 0.6) is 0 Å². The van der Waals surface area contributed by atoms with Crippen LogP contribution >= 0.6 is 0 Å². The van der Waals surface area contributed by atoms with Crippen LogP contribution in [0.25, 0.3) is 0 Å². The van der Waals surface area contributed by atoms with Gasteiger partial charge in [0, 0.05) is 18.4 Å². The van der Waals surface area contributed by atoms with Crippen LogP contribution in [0.3, 0.4) is 0 Å². The molecular weight excluding hydrogens is 238 g/mol. The summed E-state index contributed by atoms with van der Waals surface area (Å²) >= 11 is 0. The van der Waals surface area contributed by atoms with Crippen molar-refractivity contribution in [2.75, 3.05) is 13.1 Å². The van der Waals surface area contributed by atoms with E-state index < -0.39 is 5.97 Å². The van der Waals surface area contributed by atoms with Gasteiger partial charge in [0.1, 0.15) is 0 Å². The highest BCUT2D eigenvalue weighted by molar-refractivity contribution is 5.66. The van der Waals surface area contributed by atoms with Crippen LogP contribution in [0, 0.1) is 0 Å². The van der Waals surface area contributed by atoms with Gasteiger partial charge in [-0.15, -0.1) is 0 Å². The van der Waals surface area contributed by atoms with Gasteiger partial charge in [0.25, 0.3) is 0 Å². The van der Waals surface area contributed by atoms with Crippen molar-refractivity contribution in [3.8, 4) is 0 Å². The van der Waals surface area contributed by atoms with Crippen molar-refractivity contribution in [3.63, 3.8) is 0 Å². The highest BCUT2D eigenvalue weighted by atomic mass is 16.4. The fourth-order valence-corrected chi connectivity index (χ4v) is 3.06. The highest BCUT2D eigenvalue weighted by Gasteiger charge is 2.30. The maximum absolute atomic E-state index is 10.5. The summed E-state index contributed by atoms with van der Waals surface area (Å²) in [4.78, 5) is 13.0. The lowest BCUT2D eigenvalue weighted by atomic mass is 9.93. The Labute approximate surface area is 115 Å². The van der Waals surface area contributed by atoms with Gasteiger partial charge in [0.05, 0.1) is 0 Å². The fourth-order valence-electron chi connectivity index (χ4n) is 3.06. The zero-order valence-corrected chi connectivity index (χ0v) is 11.6. The number of rotatable bonds is 6. The van der Waals surface area contributed by atoms with E-state index in [0.717, 1.165) is 25.9 Å². The first-order chi connectivity index (χ1) is 9.18. The predicted molar refractivity (Wildman–Crippen MR) is 76.3 cm³/mol. The van der Waals surface area contributed by atoms with E-state index in [4.69, 9.17) is 5.11 Å². The van der Waals surface area contributed by atoms with E-state index in [1.54, 1.807) is 0 Å². The number of carboxylic acids is 1. The Morgan fingerprint density at radius 1 is 1.32 bits per heavy atom. The molecule has 1 aromatic carbocycles. The first-order valence-corrected chi connectivity index (χ1v) is 7.19. The number of nitrogens with zero attached hydrogens (tertiary/aromatic N) is 1. The Kier molecular flexibility index (Phi) is 4.97. The molecule has 2 rings (SSSR count). The van der Waals surface area contributed by atoms with Crippen molar-refractivity contribution in [2.45, 2.75) is 44.6 Å². The largest absolute Gasteiger partial charge is 0.481 e. The Balaban J connectivity index is 1.81. The van der Waals surface area contributed by atoms with Gasteiger partial charge < -0.3 is 10.0 Å². The van der Waals surface area contributed by atoms with Crippen molar-refractivity contribution < 1.29 is 9.90 Å². The van der Waals surface area contributed by atoms with Gasteiger partial charge in [0.2, 0.25) is 0 Å². The number of carboxylic acid groups (broad SMARTS) is 1. The highest BCUT2D eigenvalue weighted by Crippen LogP contribution is 2.33. The lowest BCUT2D eigenvalue weighted by molar-refractivity contribution is -0.137.